The van der Waals surface area contributed by atoms with Crippen LogP contribution in [0.15, 0.2) is 42.5 Å². The summed E-state index contributed by atoms with van der Waals surface area (Å²) < 4.78 is 10.8. The number of rotatable bonds is 5. The number of benzene rings is 2. The Morgan fingerprint density at radius 2 is 1.50 bits per heavy atom. The Balaban J connectivity index is 2.36. The number of Topliss-reactive ketones (excluding diaryl/α,β-unsaturated/α-hetero) is 2. The molecule has 2 aromatic carbocycles. The van der Waals surface area contributed by atoms with Crippen molar-refractivity contribution in [2.75, 3.05) is 0 Å². The highest BCUT2D eigenvalue weighted by molar-refractivity contribution is 6.32. The molecule has 0 bridgehead atoms. The highest BCUT2D eigenvalue weighted by atomic mass is 16.6. The van der Waals surface area contributed by atoms with Gasteiger partial charge in [0.15, 0.2) is 0 Å². The zero-order valence-corrected chi connectivity index (χ0v) is 17.7. The molecule has 3 rings (SSSR count). The first kappa shape index (κ1) is 21.4. The van der Waals surface area contributed by atoms with Crippen LogP contribution in [0, 0.1) is 0 Å². The van der Waals surface area contributed by atoms with Crippen LogP contribution in [0.5, 0.6) is 5.75 Å². The Morgan fingerprint density at radius 3 is 1.97 bits per heavy atom. The van der Waals surface area contributed by atoms with Crippen molar-refractivity contribution in [3.05, 3.63) is 64.7 Å². The fourth-order valence-electron chi connectivity index (χ4n) is 3.64. The van der Waals surface area contributed by atoms with Gasteiger partial charge < -0.3 is 9.47 Å². The van der Waals surface area contributed by atoms with E-state index >= 15 is 0 Å². The molecule has 6 nitrogen and oxygen atoms in total. The third-order valence-electron chi connectivity index (χ3n) is 5.63. The molecule has 0 heterocycles. The molecule has 0 atom stereocenters. The second-order valence-electron chi connectivity index (χ2n) is 8.02. The van der Waals surface area contributed by atoms with Gasteiger partial charge >= 0.3 is 11.9 Å². The van der Waals surface area contributed by atoms with E-state index in [0.717, 1.165) is 18.9 Å². The molecule has 2 aromatic rings. The number of fused-ring (bicyclic) bond motifs is 1. The summed E-state index contributed by atoms with van der Waals surface area (Å²) >= 11 is 0. The van der Waals surface area contributed by atoms with Gasteiger partial charge in [-0.25, -0.2) is 0 Å². The zero-order valence-electron chi connectivity index (χ0n) is 17.7. The average molecular weight is 408 g/mol. The first-order valence-electron chi connectivity index (χ1n) is 9.76. The molecule has 30 heavy (non-hydrogen) atoms. The van der Waals surface area contributed by atoms with Crippen LogP contribution < -0.4 is 4.74 Å². The summed E-state index contributed by atoms with van der Waals surface area (Å²) in [7, 11) is 0. The van der Waals surface area contributed by atoms with Gasteiger partial charge in [0.1, 0.15) is 5.75 Å². The van der Waals surface area contributed by atoms with Crippen molar-refractivity contribution in [2.45, 2.75) is 52.1 Å². The molecule has 0 saturated carbocycles. The predicted octanol–water partition coefficient (Wildman–Crippen LogP) is 4.14. The predicted molar refractivity (Wildman–Crippen MR) is 110 cm³/mol. The Hall–Kier alpha value is -3.28. The van der Waals surface area contributed by atoms with Crippen molar-refractivity contribution < 1.29 is 28.7 Å². The third kappa shape index (κ3) is 3.32. The minimum atomic E-state index is -2.24. The van der Waals surface area contributed by atoms with E-state index in [-0.39, 0.29) is 27.9 Å². The molecule has 1 aliphatic carbocycles. The summed E-state index contributed by atoms with van der Waals surface area (Å²) in [5.74, 6) is -2.71. The van der Waals surface area contributed by atoms with E-state index in [1.807, 2.05) is 20.8 Å². The lowest BCUT2D eigenvalue weighted by Gasteiger charge is -2.30. The second kappa shape index (κ2) is 7.52. The van der Waals surface area contributed by atoms with E-state index in [1.165, 1.54) is 25.1 Å². The minimum absolute atomic E-state index is 0.00825. The van der Waals surface area contributed by atoms with Gasteiger partial charge in [-0.3, -0.25) is 19.2 Å². The fourth-order valence-corrected chi connectivity index (χ4v) is 3.64. The van der Waals surface area contributed by atoms with Crippen molar-refractivity contribution in [2.24, 2.45) is 0 Å². The summed E-state index contributed by atoms with van der Waals surface area (Å²) in [5.41, 5.74) is -1.33. The molecule has 0 N–H and O–H groups in total. The summed E-state index contributed by atoms with van der Waals surface area (Å²) in [6, 6.07) is 11.3. The summed E-state index contributed by atoms with van der Waals surface area (Å²) in [6.45, 7) is 8.41. The molecule has 6 heteroatoms. The molecule has 1 aliphatic rings. The topological polar surface area (TPSA) is 86.7 Å². The number of ether oxygens (including phenoxy) is 2. The van der Waals surface area contributed by atoms with E-state index in [2.05, 4.69) is 0 Å². The summed E-state index contributed by atoms with van der Waals surface area (Å²) in [4.78, 5) is 50.8. The van der Waals surface area contributed by atoms with E-state index in [9.17, 15) is 19.2 Å². The number of carbonyl (C=O) groups is 4. The smallest absolute Gasteiger partial charge is 0.308 e. The van der Waals surface area contributed by atoms with Crippen molar-refractivity contribution in [1.29, 1.82) is 0 Å². The van der Waals surface area contributed by atoms with Crippen LogP contribution in [0.25, 0.3) is 0 Å². The number of carbonyl (C=O) groups excluding carboxylic acids is 4. The highest BCUT2D eigenvalue weighted by Crippen LogP contribution is 2.46. The molecule has 156 valence electrons. The number of hydrogen-bond acceptors (Lipinski definition) is 6. The van der Waals surface area contributed by atoms with E-state index in [0.29, 0.717) is 0 Å². The second-order valence-corrected chi connectivity index (χ2v) is 8.02. The fraction of sp³-hybridized carbons (Fsp3) is 0.333. The Kier molecular flexibility index (Phi) is 5.37. The number of ketones is 2. The molecule has 0 radical (unpaired) electrons. The molecule has 0 unspecified atom stereocenters. The van der Waals surface area contributed by atoms with Crippen LogP contribution in [0.2, 0.25) is 0 Å². The maximum absolute atomic E-state index is 13.5. The third-order valence-corrected chi connectivity index (χ3v) is 5.63. The van der Waals surface area contributed by atoms with Crippen molar-refractivity contribution >= 4 is 23.5 Å². The van der Waals surface area contributed by atoms with Crippen molar-refractivity contribution in [3.63, 3.8) is 0 Å². The van der Waals surface area contributed by atoms with Crippen LogP contribution in [0.4, 0.5) is 0 Å². The average Bonchev–Trinajstić information content (AvgIpc) is 2.90. The van der Waals surface area contributed by atoms with E-state index in [1.54, 1.807) is 24.3 Å². The standard InChI is InChI=1S/C24H24O6/c1-6-23(4,5)16-11-12-20(29-14(2)25)19(13-16)24(30-15(3)26)21(27)17-9-7-8-10-18(17)22(24)28/h7-13H,6H2,1-5H3. The number of hydrogen-bond donors (Lipinski definition) is 0. The summed E-state index contributed by atoms with van der Waals surface area (Å²) in [6.07, 6.45) is 0.780. The van der Waals surface area contributed by atoms with Gasteiger partial charge in [-0.2, -0.15) is 0 Å². The van der Waals surface area contributed by atoms with Gasteiger partial charge in [-0.05, 0) is 29.5 Å². The minimum Gasteiger partial charge on any atom is -0.437 e. The zero-order chi connectivity index (χ0) is 22.3. The maximum atomic E-state index is 13.5. The van der Waals surface area contributed by atoms with Crippen LogP contribution in [0.3, 0.4) is 0 Å². The van der Waals surface area contributed by atoms with Crippen LogP contribution in [-0.4, -0.2) is 23.5 Å². The lowest BCUT2D eigenvalue weighted by molar-refractivity contribution is -0.149. The van der Waals surface area contributed by atoms with Crippen molar-refractivity contribution in [1.82, 2.24) is 0 Å². The molecular formula is C24H24O6. The lowest BCUT2D eigenvalue weighted by atomic mass is 9.78. The molecule has 0 aliphatic heterocycles. The Morgan fingerprint density at radius 1 is 0.933 bits per heavy atom. The maximum Gasteiger partial charge on any atom is 0.308 e. The summed E-state index contributed by atoms with van der Waals surface area (Å²) in [5, 5.41) is 0. The largest absolute Gasteiger partial charge is 0.437 e. The van der Waals surface area contributed by atoms with Crippen LogP contribution in [-0.2, 0) is 25.3 Å². The monoisotopic (exact) mass is 408 g/mol. The first-order valence-corrected chi connectivity index (χ1v) is 9.76. The molecule has 0 spiro atoms. The van der Waals surface area contributed by atoms with Crippen LogP contribution >= 0.6 is 0 Å². The van der Waals surface area contributed by atoms with E-state index in [4.69, 9.17) is 9.47 Å². The normalized spacial score (nSPS) is 15.0. The van der Waals surface area contributed by atoms with E-state index < -0.39 is 29.1 Å². The van der Waals surface area contributed by atoms with Gasteiger partial charge in [-0.15, -0.1) is 0 Å². The highest BCUT2D eigenvalue weighted by Gasteiger charge is 2.59. The van der Waals surface area contributed by atoms with Gasteiger partial charge in [0.05, 0.1) is 5.56 Å². The van der Waals surface area contributed by atoms with Gasteiger partial charge in [0.2, 0.25) is 11.6 Å². The Bertz CT molecular complexity index is 1030. The van der Waals surface area contributed by atoms with Crippen molar-refractivity contribution in [3.8, 4) is 5.75 Å². The van der Waals surface area contributed by atoms with Gasteiger partial charge in [0, 0.05) is 25.0 Å². The SMILES string of the molecule is CCC(C)(C)c1ccc(OC(C)=O)c(C2(OC(C)=O)C(=O)c3ccccc3C2=O)c1. The molecule has 0 fully saturated rings. The molecule has 0 saturated heterocycles. The molecule has 0 amide bonds. The molecule has 0 aromatic heterocycles. The molecular weight excluding hydrogens is 384 g/mol. The van der Waals surface area contributed by atoms with Gasteiger partial charge in [-0.1, -0.05) is 51.1 Å². The number of esters is 2. The lowest BCUT2D eigenvalue weighted by Crippen LogP contribution is -2.43. The van der Waals surface area contributed by atoms with Crippen LogP contribution in [0.1, 0.15) is 72.9 Å². The van der Waals surface area contributed by atoms with Gasteiger partial charge in [0.25, 0.3) is 5.60 Å². The first-order chi connectivity index (χ1) is 14.0. The quantitative estimate of drug-likeness (QED) is 0.420. The Labute approximate surface area is 175 Å².